The minimum Gasteiger partial charge on any atom is -0.382 e. The van der Waals surface area contributed by atoms with Gasteiger partial charge in [0.15, 0.2) is 5.16 Å². The van der Waals surface area contributed by atoms with Crippen molar-refractivity contribution in [3.8, 4) is 0 Å². The number of thioether (sulfide) groups is 1. The van der Waals surface area contributed by atoms with E-state index in [9.17, 15) is 9.59 Å². The van der Waals surface area contributed by atoms with Gasteiger partial charge in [0, 0.05) is 31.9 Å². The van der Waals surface area contributed by atoms with Crippen LogP contribution < -0.4 is 5.56 Å². The van der Waals surface area contributed by atoms with Crippen molar-refractivity contribution in [3.63, 3.8) is 0 Å². The zero-order chi connectivity index (χ0) is 19.2. The normalized spacial score (nSPS) is 11.5. The van der Waals surface area contributed by atoms with E-state index in [0.29, 0.717) is 37.3 Å². The average molecular weight is 388 g/mol. The van der Waals surface area contributed by atoms with Crippen LogP contribution in [-0.2, 0) is 16.1 Å². The lowest BCUT2D eigenvalue weighted by molar-refractivity contribution is -0.117. The molecule has 0 aliphatic heterocycles. The van der Waals surface area contributed by atoms with Gasteiger partial charge in [0.1, 0.15) is 5.78 Å². The molecule has 0 radical (unpaired) electrons. The molecule has 0 N–H and O–H groups in total. The second-order valence-electron chi connectivity index (χ2n) is 6.30. The number of aromatic nitrogens is 4. The molecule has 3 rings (SSSR count). The first-order chi connectivity index (χ1) is 13.1. The third kappa shape index (κ3) is 4.39. The highest BCUT2D eigenvalue weighted by Crippen LogP contribution is 2.22. The van der Waals surface area contributed by atoms with Crippen LogP contribution in [0.25, 0.3) is 16.7 Å². The standard InChI is InChI=1S/C19H24N4O3S/c1-3-26-12-7-11-22-17(25)15-9-4-5-10-16(15)23-18(22)20-21-19(23)27-13-6-8-14(2)24/h4-5,9-10H,3,6-8,11-13H2,1-2H3. The molecular formula is C19H24N4O3S. The molecule has 144 valence electrons. The average Bonchev–Trinajstić information content (AvgIpc) is 3.08. The van der Waals surface area contributed by atoms with Crippen LogP contribution in [-0.4, -0.2) is 43.9 Å². The molecular weight excluding hydrogens is 364 g/mol. The van der Waals surface area contributed by atoms with Crippen LogP contribution in [0.1, 0.15) is 33.1 Å². The topological polar surface area (TPSA) is 78.5 Å². The van der Waals surface area contributed by atoms with Crippen LogP contribution >= 0.6 is 11.8 Å². The summed E-state index contributed by atoms with van der Waals surface area (Å²) in [7, 11) is 0. The van der Waals surface area contributed by atoms with Gasteiger partial charge in [0.25, 0.3) is 5.56 Å². The molecule has 7 nitrogen and oxygen atoms in total. The van der Waals surface area contributed by atoms with Gasteiger partial charge in [-0.05, 0) is 38.8 Å². The SMILES string of the molecule is CCOCCCn1c(=O)c2ccccc2n2c(SCCCC(C)=O)nnc12. The Morgan fingerprint density at radius 2 is 2.04 bits per heavy atom. The lowest BCUT2D eigenvalue weighted by Crippen LogP contribution is -2.24. The fourth-order valence-corrected chi connectivity index (χ4v) is 3.86. The van der Waals surface area contributed by atoms with Crippen molar-refractivity contribution in [2.45, 2.75) is 44.8 Å². The Labute approximate surface area is 161 Å². The number of rotatable bonds is 10. The summed E-state index contributed by atoms with van der Waals surface area (Å²) >= 11 is 1.56. The molecule has 1 aromatic carbocycles. The van der Waals surface area contributed by atoms with Gasteiger partial charge in [-0.25, -0.2) is 0 Å². The summed E-state index contributed by atoms with van der Waals surface area (Å²) in [4.78, 5) is 24.1. The Morgan fingerprint density at radius 3 is 2.81 bits per heavy atom. The van der Waals surface area contributed by atoms with Gasteiger partial charge in [0.2, 0.25) is 5.78 Å². The minimum absolute atomic E-state index is 0.0601. The predicted octanol–water partition coefficient (Wildman–Crippen LogP) is 2.93. The van der Waals surface area contributed by atoms with Crippen molar-refractivity contribution in [1.29, 1.82) is 0 Å². The van der Waals surface area contributed by atoms with Gasteiger partial charge in [0.05, 0.1) is 10.9 Å². The third-order valence-corrected chi connectivity index (χ3v) is 5.27. The number of ketones is 1. The smallest absolute Gasteiger partial charge is 0.262 e. The maximum absolute atomic E-state index is 12.9. The van der Waals surface area contributed by atoms with E-state index in [1.807, 2.05) is 35.6 Å². The molecule has 2 aromatic heterocycles. The molecule has 0 saturated heterocycles. The highest BCUT2D eigenvalue weighted by Gasteiger charge is 2.16. The largest absolute Gasteiger partial charge is 0.382 e. The predicted molar refractivity (Wildman–Crippen MR) is 107 cm³/mol. The molecule has 0 fully saturated rings. The number of hydrogen-bond acceptors (Lipinski definition) is 6. The number of carbonyl (C=O) groups excluding carboxylic acids is 1. The summed E-state index contributed by atoms with van der Waals surface area (Å²) < 4.78 is 9.01. The summed E-state index contributed by atoms with van der Waals surface area (Å²) in [6.45, 7) is 5.34. The number of fused-ring (bicyclic) bond motifs is 3. The van der Waals surface area contributed by atoms with Crippen LogP contribution in [0.5, 0.6) is 0 Å². The third-order valence-electron chi connectivity index (χ3n) is 4.26. The Bertz CT molecular complexity index is 996. The summed E-state index contributed by atoms with van der Waals surface area (Å²) in [6.07, 6.45) is 2.09. The number of aryl methyl sites for hydroxylation is 1. The second kappa shape index (κ2) is 9.14. The Balaban J connectivity index is 1.98. The van der Waals surface area contributed by atoms with Crippen LogP contribution in [0.2, 0.25) is 0 Å². The zero-order valence-electron chi connectivity index (χ0n) is 15.7. The maximum Gasteiger partial charge on any atom is 0.262 e. The molecule has 0 saturated carbocycles. The zero-order valence-corrected chi connectivity index (χ0v) is 16.5. The van der Waals surface area contributed by atoms with Gasteiger partial charge in [-0.1, -0.05) is 23.9 Å². The van der Waals surface area contributed by atoms with Crippen LogP contribution in [0, 0.1) is 0 Å². The molecule has 2 heterocycles. The minimum atomic E-state index is -0.0601. The fraction of sp³-hybridized carbons (Fsp3) is 0.474. The highest BCUT2D eigenvalue weighted by atomic mass is 32.2. The van der Waals surface area contributed by atoms with E-state index in [-0.39, 0.29) is 11.3 Å². The summed E-state index contributed by atoms with van der Waals surface area (Å²) in [5, 5.41) is 9.98. The summed E-state index contributed by atoms with van der Waals surface area (Å²) in [5.41, 5.74) is 0.743. The van der Waals surface area contributed by atoms with Crippen molar-refractivity contribution < 1.29 is 9.53 Å². The molecule has 0 aliphatic carbocycles. The van der Waals surface area contributed by atoms with Crippen LogP contribution in [0.4, 0.5) is 0 Å². The lowest BCUT2D eigenvalue weighted by atomic mass is 10.2. The molecule has 0 bridgehead atoms. The van der Waals surface area contributed by atoms with E-state index in [1.165, 1.54) is 0 Å². The van der Waals surface area contributed by atoms with Gasteiger partial charge in [-0.3, -0.25) is 13.8 Å². The number of hydrogen-bond donors (Lipinski definition) is 0. The van der Waals surface area contributed by atoms with E-state index in [2.05, 4.69) is 10.2 Å². The lowest BCUT2D eigenvalue weighted by Gasteiger charge is -2.11. The number of para-hydroxylation sites is 1. The quantitative estimate of drug-likeness (QED) is 0.392. The first-order valence-corrected chi connectivity index (χ1v) is 10.2. The fourth-order valence-electron chi connectivity index (χ4n) is 2.98. The van der Waals surface area contributed by atoms with Crippen molar-refractivity contribution in [1.82, 2.24) is 19.2 Å². The van der Waals surface area contributed by atoms with Crippen molar-refractivity contribution in [2.75, 3.05) is 19.0 Å². The van der Waals surface area contributed by atoms with E-state index in [1.54, 1.807) is 23.3 Å². The van der Waals surface area contributed by atoms with Gasteiger partial charge < -0.3 is 9.53 Å². The Kier molecular flexibility index (Phi) is 6.63. The van der Waals surface area contributed by atoms with Gasteiger partial charge >= 0.3 is 0 Å². The van der Waals surface area contributed by atoms with Crippen LogP contribution in [0.15, 0.2) is 34.2 Å². The maximum atomic E-state index is 12.9. The Morgan fingerprint density at radius 1 is 1.22 bits per heavy atom. The molecule has 3 aromatic rings. The number of ether oxygens (including phenoxy) is 1. The molecule has 8 heteroatoms. The first kappa shape index (κ1) is 19.6. The van der Waals surface area contributed by atoms with E-state index in [0.717, 1.165) is 29.3 Å². The van der Waals surface area contributed by atoms with Gasteiger partial charge in [-0.15, -0.1) is 10.2 Å². The summed E-state index contributed by atoms with van der Waals surface area (Å²) in [6, 6.07) is 7.52. The molecule has 0 spiro atoms. The Hall–Kier alpha value is -2.19. The molecule has 0 aliphatic rings. The first-order valence-electron chi connectivity index (χ1n) is 9.20. The number of Topliss-reactive ketones (excluding diaryl/α,β-unsaturated/α-hetero) is 1. The van der Waals surface area contributed by atoms with E-state index < -0.39 is 0 Å². The number of benzene rings is 1. The molecule has 0 atom stereocenters. The van der Waals surface area contributed by atoms with E-state index >= 15 is 0 Å². The number of nitrogens with zero attached hydrogens (tertiary/aromatic N) is 4. The monoisotopic (exact) mass is 388 g/mol. The van der Waals surface area contributed by atoms with Crippen molar-refractivity contribution in [2.24, 2.45) is 0 Å². The van der Waals surface area contributed by atoms with Crippen molar-refractivity contribution >= 4 is 34.2 Å². The number of carbonyl (C=O) groups is 1. The molecule has 27 heavy (non-hydrogen) atoms. The van der Waals surface area contributed by atoms with Crippen LogP contribution in [0.3, 0.4) is 0 Å². The highest BCUT2D eigenvalue weighted by molar-refractivity contribution is 7.99. The van der Waals surface area contributed by atoms with E-state index in [4.69, 9.17) is 4.74 Å². The molecule has 0 unspecified atom stereocenters. The second-order valence-corrected chi connectivity index (χ2v) is 7.36. The molecule has 0 amide bonds. The van der Waals surface area contributed by atoms with Crippen molar-refractivity contribution in [3.05, 3.63) is 34.6 Å². The van der Waals surface area contributed by atoms with Gasteiger partial charge in [-0.2, -0.15) is 0 Å². The summed E-state index contributed by atoms with van der Waals surface area (Å²) in [5.74, 6) is 1.51.